The number of ketones is 1. The Hall–Kier alpha value is -2.24. The van der Waals surface area contributed by atoms with Crippen LogP contribution in [0.1, 0.15) is 33.1 Å². The van der Waals surface area contributed by atoms with E-state index in [0.29, 0.717) is 19.3 Å². The van der Waals surface area contributed by atoms with Gasteiger partial charge in [0.15, 0.2) is 5.78 Å². The van der Waals surface area contributed by atoms with Crippen LogP contribution in [0.2, 0.25) is 0 Å². The lowest BCUT2D eigenvalue weighted by atomic mass is 9.95. The number of ether oxygens (including phenoxy) is 1. The molecule has 114 valence electrons. The molecule has 1 unspecified atom stereocenters. The van der Waals surface area contributed by atoms with Crippen molar-refractivity contribution in [2.24, 2.45) is 0 Å². The van der Waals surface area contributed by atoms with E-state index in [1.807, 2.05) is 6.08 Å². The van der Waals surface area contributed by atoms with Crippen LogP contribution in [-0.4, -0.2) is 28.8 Å². The van der Waals surface area contributed by atoms with Gasteiger partial charge in [-0.15, -0.1) is 0 Å². The molecule has 0 saturated carbocycles. The monoisotopic (exact) mass is 293 g/mol. The van der Waals surface area contributed by atoms with Crippen LogP contribution >= 0.6 is 0 Å². The van der Waals surface area contributed by atoms with Crippen LogP contribution in [0, 0.1) is 10.1 Å². The topological polar surface area (TPSA) is 86.5 Å². The predicted octanol–water partition coefficient (Wildman–Crippen LogP) is 2.38. The van der Waals surface area contributed by atoms with Crippen molar-refractivity contribution < 1.29 is 19.2 Å². The van der Waals surface area contributed by atoms with Crippen LogP contribution < -0.4 is 0 Å². The Bertz CT molecular complexity index is 504. The van der Waals surface area contributed by atoms with E-state index in [1.54, 1.807) is 13.0 Å². The van der Waals surface area contributed by atoms with Gasteiger partial charge in [-0.1, -0.05) is 12.2 Å². The number of hydrogen-bond donors (Lipinski definition) is 0. The first-order valence-corrected chi connectivity index (χ1v) is 6.78. The summed E-state index contributed by atoms with van der Waals surface area (Å²) in [6.07, 6.45) is 8.53. The molecule has 21 heavy (non-hydrogen) atoms. The zero-order valence-corrected chi connectivity index (χ0v) is 12.2. The Morgan fingerprint density at radius 3 is 2.81 bits per heavy atom. The molecule has 0 bridgehead atoms. The Morgan fingerprint density at radius 1 is 1.48 bits per heavy atom. The maximum Gasteiger partial charge on any atom is 0.331 e. The number of allylic oxidation sites excluding steroid dienone is 3. The van der Waals surface area contributed by atoms with E-state index < -0.39 is 18.1 Å². The van der Waals surface area contributed by atoms with Gasteiger partial charge < -0.3 is 4.74 Å². The summed E-state index contributed by atoms with van der Waals surface area (Å²) >= 11 is 0. The van der Waals surface area contributed by atoms with E-state index in [4.69, 9.17) is 4.74 Å². The van der Waals surface area contributed by atoms with Crippen LogP contribution in [-0.2, 0) is 14.3 Å². The first kappa shape index (κ1) is 16.8. The van der Waals surface area contributed by atoms with Crippen molar-refractivity contribution >= 4 is 11.8 Å². The van der Waals surface area contributed by atoms with Crippen molar-refractivity contribution in [3.63, 3.8) is 0 Å². The van der Waals surface area contributed by atoms with Crippen LogP contribution in [0.3, 0.4) is 0 Å². The SMILES string of the molecule is CC(=O)/C=C\[C@@H](C)OC(=O)/C=C/C1=CCCC([N+](=O)[O-])C1. The lowest BCUT2D eigenvalue weighted by Gasteiger charge is -2.14. The first-order chi connectivity index (χ1) is 9.88. The van der Waals surface area contributed by atoms with Crippen molar-refractivity contribution in [3.05, 3.63) is 46.1 Å². The van der Waals surface area contributed by atoms with Crippen LogP contribution in [0.15, 0.2) is 36.0 Å². The highest BCUT2D eigenvalue weighted by Crippen LogP contribution is 2.21. The third kappa shape index (κ3) is 6.65. The van der Waals surface area contributed by atoms with E-state index in [2.05, 4.69) is 0 Å². The van der Waals surface area contributed by atoms with Crippen molar-refractivity contribution in [1.82, 2.24) is 0 Å². The van der Waals surface area contributed by atoms with Crippen molar-refractivity contribution in [3.8, 4) is 0 Å². The van der Waals surface area contributed by atoms with Crippen LogP contribution in [0.25, 0.3) is 0 Å². The molecule has 0 aliphatic heterocycles. The predicted molar refractivity (Wildman–Crippen MR) is 77.2 cm³/mol. The maximum absolute atomic E-state index is 11.6. The van der Waals surface area contributed by atoms with E-state index in [-0.39, 0.29) is 10.7 Å². The molecule has 0 fully saturated rings. The van der Waals surface area contributed by atoms with Gasteiger partial charge >= 0.3 is 5.97 Å². The van der Waals surface area contributed by atoms with Gasteiger partial charge in [0, 0.05) is 23.8 Å². The number of nitro groups is 1. The van der Waals surface area contributed by atoms with Gasteiger partial charge in [0.1, 0.15) is 6.10 Å². The summed E-state index contributed by atoms with van der Waals surface area (Å²) in [5.41, 5.74) is 0.770. The molecule has 0 radical (unpaired) electrons. The fourth-order valence-electron chi connectivity index (χ4n) is 1.94. The molecule has 1 aliphatic rings. The average Bonchev–Trinajstić information content (AvgIpc) is 2.43. The van der Waals surface area contributed by atoms with Crippen molar-refractivity contribution in [2.75, 3.05) is 0 Å². The summed E-state index contributed by atoms with van der Waals surface area (Å²) in [7, 11) is 0. The van der Waals surface area contributed by atoms with Gasteiger partial charge in [-0.05, 0) is 38.0 Å². The lowest BCUT2D eigenvalue weighted by molar-refractivity contribution is -0.523. The zero-order chi connectivity index (χ0) is 15.8. The summed E-state index contributed by atoms with van der Waals surface area (Å²) in [6, 6.07) is -0.580. The molecule has 0 amide bonds. The van der Waals surface area contributed by atoms with Gasteiger partial charge in [-0.25, -0.2) is 4.79 Å². The van der Waals surface area contributed by atoms with E-state index >= 15 is 0 Å². The average molecular weight is 293 g/mol. The minimum Gasteiger partial charge on any atom is -0.455 e. The summed E-state index contributed by atoms with van der Waals surface area (Å²) in [5.74, 6) is -0.661. The molecule has 0 aromatic heterocycles. The largest absolute Gasteiger partial charge is 0.455 e. The molecule has 0 saturated heterocycles. The third-order valence-corrected chi connectivity index (χ3v) is 3.01. The Kier molecular flexibility index (Phi) is 6.52. The van der Waals surface area contributed by atoms with Gasteiger partial charge in [-0.2, -0.15) is 0 Å². The maximum atomic E-state index is 11.6. The molecule has 0 N–H and O–H groups in total. The number of carbonyl (C=O) groups excluding carboxylic acids is 2. The molecule has 2 atom stereocenters. The third-order valence-electron chi connectivity index (χ3n) is 3.01. The Balaban J connectivity index is 2.49. The first-order valence-electron chi connectivity index (χ1n) is 6.78. The molecular weight excluding hydrogens is 274 g/mol. The highest BCUT2D eigenvalue weighted by Gasteiger charge is 2.23. The second-order valence-electron chi connectivity index (χ2n) is 4.94. The molecule has 1 rings (SSSR count). The zero-order valence-electron chi connectivity index (χ0n) is 12.2. The minimum atomic E-state index is -0.580. The lowest BCUT2D eigenvalue weighted by Crippen LogP contribution is -2.22. The van der Waals surface area contributed by atoms with Gasteiger partial charge in [0.25, 0.3) is 0 Å². The number of hydrogen-bond acceptors (Lipinski definition) is 5. The standard InChI is InChI=1S/C15H19NO5/c1-11(17)6-7-12(2)21-15(18)9-8-13-4-3-5-14(10-13)16(19)20/h4,6-9,12,14H,3,5,10H2,1-2H3/b7-6-,9-8+/t12-,14?/m1/s1. The summed E-state index contributed by atoms with van der Waals surface area (Å²) < 4.78 is 5.04. The summed E-state index contributed by atoms with van der Waals surface area (Å²) in [6.45, 7) is 3.06. The Labute approximate surface area is 123 Å². The smallest absolute Gasteiger partial charge is 0.331 e. The second-order valence-corrected chi connectivity index (χ2v) is 4.94. The molecule has 0 aromatic carbocycles. The van der Waals surface area contributed by atoms with Gasteiger partial charge in [-0.3, -0.25) is 14.9 Å². The van der Waals surface area contributed by atoms with Crippen LogP contribution in [0.4, 0.5) is 0 Å². The summed E-state index contributed by atoms with van der Waals surface area (Å²) in [5, 5.41) is 10.7. The number of carbonyl (C=O) groups is 2. The molecule has 1 aliphatic carbocycles. The molecule has 0 spiro atoms. The summed E-state index contributed by atoms with van der Waals surface area (Å²) in [4.78, 5) is 32.8. The molecule has 6 nitrogen and oxygen atoms in total. The van der Waals surface area contributed by atoms with E-state index in [1.165, 1.54) is 25.2 Å². The quantitative estimate of drug-likeness (QED) is 0.325. The van der Waals surface area contributed by atoms with Crippen LogP contribution in [0.5, 0.6) is 0 Å². The number of esters is 1. The van der Waals surface area contributed by atoms with E-state index in [0.717, 1.165) is 5.57 Å². The Morgan fingerprint density at radius 2 is 2.19 bits per heavy atom. The fraction of sp³-hybridized carbons (Fsp3) is 0.467. The molecule has 0 aromatic rings. The molecule has 6 heteroatoms. The molecule has 0 heterocycles. The molecular formula is C15H19NO5. The van der Waals surface area contributed by atoms with Gasteiger partial charge in [0.2, 0.25) is 6.04 Å². The van der Waals surface area contributed by atoms with Gasteiger partial charge in [0.05, 0.1) is 0 Å². The fourth-order valence-corrected chi connectivity index (χ4v) is 1.94. The van der Waals surface area contributed by atoms with Crippen molar-refractivity contribution in [2.45, 2.75) is 45.3 Å². The normalized spacial score (nSPS) is 20.3. The number of rotatable bonds is 6. The van der Waals surface area contributed by atoms with Crippen molar-refractivity contribution in [1.29, 1.82) is 0 Å². The minimum absolute atomic E-state index is 0.119. The van der Waals surface area contributed by atoms with E-state index in [9.17, 15) is 19.7 Å². The second kappa shape index (κ2) is 8.14. The highest BCUT2D eigenvalue weighted by atomic mass is 16.6. The highest BCUT2D eigenvalue weighted by molar-refractivity contribution is 5.87. The number of nitrogens with zero attached hydrogens (tertiary/aromatic N) is 1.